The van der Waals surface area contributed by atoms with E-state index in [1.54, 1.807) is 11.3 Å². The van der Waals surface area contributed by atoms with E-state index in [1.807, 2.05) is 0 Å². The van der Waals surface area contributed by atoms with Gasteiger partial charge in [0.15, 0.2) is 0 Å². The summed E-state index contributed by atoms with van der Waals surface area (Å²) in [6.07, 6.45) is 2.64. The summed E-state index contributed by atoms with van der Waals surface area (Å²) >= 11 is 7.69. The van der Waals surface area contributed by atoms with E-state index in [4.69, 9.17) is 11.6 Å². The van der Waals surface area contributed by atoms with Crippen molar-refractivity contribution in [3.63, 3.8) is 0 Å². The van der Waals surface area contributed by atoms with Crippen molar-refractivity contribution >= 4 is 39.0 Å². The molecule has 0 saturated carbocycles. The SMILES string of the molecule is Clc1nc(N2CCN3CCCC3C2)c2ccsc2n1. The zero-order valence-corrected chi connectivity index (χ0v) is 12.1. The zero-order chi connectivity index (χ0) is 12.8. The van der Waals surface area contributed by atoms with Gasteiger partial charge in [-0.2, -0.15) is 4.98 Å². The Kier molecular flexibility index (Phi) is 2.86. The van der Waals surface area contributed by atoms with Crippen LogP contribution in [0.2, 0.25) is 5.28 Å². The molecule has 0 aliphatic carbocycles. The van der Waals surface area contributed by atoms with E-state index in [1.165, 1.54) is 19.4 Å². The molecule has 0 N–H and O–H groups in total. The van der Waals surface area contributed by atoms with Crippen LogP contribution in [0.25, 0.3) is 10.2 Å². The molecule has 100 valence electrons. The second-order valence-electron chi connectivity index (χ2n) is 5.23. The molecule has 19 heavy (non-hydrogen) atoms. The monoisotopic (exact) mass is 294 g/mol. The van der Waals surface area contributed by atoms with E-state index in [0.717, 1.165) is 35.7 Å². The number of hydrogen-bond donors (Lipinski definition) is 0. The summed E-state index contributed by atoms with van der Waals surface area (Å²) < 4.78 is 0. The van der Waals surface area contributed by atoms with Crippen LogP contribution in [0.3, 0.4) is 0 Å². The van der Waals surface area contributed by atoms with Gasteiger partial charge in [-0.25, -0.2) is 4.98 Å². The molecule has 2 fully saturated rings. The number of thiophene rings is 1. The van der Waals surface area contributed by atoms with Crippen LogP contribution in [0.5, 0.6) is 0 Å². The maximum atomic E-state index is 6.06. The van der Waals surface area contributed by atoms with E-state index in [-0.39, 0.29) is 0 Å². The third-order valence-electron chi connectivity index (χ3n) is 4.16. The molecule has 4 heterocycles. The molecule has 0 radical (unpaired) electrons. The lowest BCUT2D eigenvalue weighted by atomic mass is 10.1. The molecule has 2 aromatic rings. The van der Waals surface area contributed by atoms with Crippen LogP contribution in [0.4, 0.5) is 5.82 Å². The van der Waals surface area contributed by atoms with Crippen molar-refractivity contribution in [1.29, 1.82) is 0 Å². The summed E-state index contributed by atoms with van der Waals surface area (Å²) in [5.41, 5.74) is 0. The Labute approximate surface area is 121 Å². The van der Waals surface area contributed by atoms with E-state index in [2.05, 4.69) is 31.2 Å². The molecule has 0 spiro atoms. The van der Waals surface area contributed by atoms with Crippen LogP contribution < -0.4 is 4.90 Å². The summed E-state index contributed by atoms with van der Waals surface area (Å²) in [6.45, 7) is 4.50. The first-order valence-corrected chi connectivity index (χ1v) is 7.97. The van der Waals surface area contributed by atoms with Crippen LogP contribution in [-0.4, -0.2) is 47.1 Å². The number of halogens is 1. The Morgan fingerprint density at radius 2 is 2.21 bits per heavy atom. The van der Waals surface area contributed by atoms with Gasteiger partial charge in [0.1, 0.15) is 10.6 Å². The first kappa shape index (κ1) is 11.9. The van der Waals surface area contributed by atoms with Gasteiger partial charge >= 0.3 is 0 Å². The molecule has 2 aliphatic heterocycles. The van der Waals surface area contributed by atoms with E-state index >= 15 is 0 Å². The highest BCUT2D eigenvalue weighted by Gasteiger charge is 2.31. The molecular weight excluding hydrogens is 280 g/mol. The van der Waals surface area contributed by atoms with Crippen molar-refractivity contribution in [3.8, 4) is 0 Å². The molecular formula is C13H15ClN4S. The molecule has 2 saturated heterocycles. The minimum atomic E-state index is 0.360. The smallest absolute Gasteiger partial charge is 0.225 e. The summed E-state index contributed by atoms with van der Waals surface area (Å²) in [5.74, 6) is 1.02. The van der Waals surface area contributed by atoms with Crippen LogP contribution in [-0.2, 0) is 0 Å². The highest BCUT2D eigenvalue weighted by atomic mass is 35.5. The lowest BCUT2D eigenvalue weighted by Gasteiger charge is -2.38. The second-order valence-corrected chi connectivity index (χ2v) is 6.47. The van der Waals surface area contributed by atoms with Crippen LogP contribution in [0, 0.1) is 0 Å². The summed E-state index contributed by atoms with van der Waals surface area (Å²) in [6, 6.07) is 2.79. The van der Waals surface area contributed by atoms with Gasteiger partial charge in [0.05, 0.1) is 5.39 Å². The number of hydrogen-bond acceptors (Lipinski definition) is 5. The van der Waals surface area contributed by atoms with Gasteiger partial charge in [-0.15, -0.1) is 11.3 Å². The number of nitrogens with zero attached hydrogens (tertiary/aromatic N) is 4. The predicted octanol–water partition coefficient (Wildman–Crippen LogP) is 2.63. The largest absolute Gasteiger partial charge is 0.353 e. The van der Waals surface area contributed by atoms with Gasteiger partial charge in [0, 0.05) is 25.7 Å². The first-order valence-electron chi connectivity index (χ1n) is 6.71. The number of rotatable bonds is 1. The van der Waals surface area contributed by atoms with Gasteiger partial charge in [0.25, 0.3) is 0 Å². The van der Waals surface area contributed by atoms with Crippen molar-refractivity contribution in [1.82, 2.24) is 14.9 Å². The van der Waals surface area contributed by atoms with E-state index in [9.17, 15) is 0 Å². The van der Waals surface area contributed by atoms with Gasteiger partial charge < -0.3 is 4.90 Å². The predicted molar refractivity (Wildman–Crippen MR) is 79.2 cm³/mol. The Balaban J connectivity index is 1.72. The third kappa shape index (κ3) is 2.00. The Bertz CT molecular complexity index is 614. The van der Waals surface area contributed by atoms with Gasteiger partial charge in [-0.1, -0.05) is 0 Å². The normalized spacial score (nSPS) is 24.1. The van der Waals surface area contributed by atoms with Gasteiger partial charge in [-0.05, 0) is 42.4 Å². The third-order valence-corrected chi connectivity index (χ3v) is 5.14. The molecule has 1 atom stereocenters. The Morgan fingerprint density at radius 3 is 3.16 bits per heavy atom. The fraction of sp³-hybridized carbons (Fsp3) is 0.538. The molecule has 2 aliphatic rings. The van der Waals surface area contributed by atoms with Crippen LogP contribution in [0.1, 0.15) is 12.8 Å². The summed E-state index contributed by atoms with van der Waals surface area (Å²) in [7, 11) is 0. The van der Waals surface area contributed by atoms with E-state index in [0.29, 0.717) is 11.3 Å². The lowest BCUT2D eigenvalue weighted by molar-refractivity contribution is 0.230. The van der Waals surface area contributed by atoms with Crippen molar-refractivity contribution in [2.24, 2.45) is 0 Å². The fourth-order valence-electron chi connectivity index (χ4n) is 3.24. The van der Waals surface area contributed by atoms with Crippen molar-refractivity contribution in [2.45, 2.75) is 18.9 Å². The molecule has 4 rings (SSSR count). The standard InChI is InChI=1S/C13H15ClN4S/c14-13-15-11(10-3-7-19-12(10)16-13)18-6-5-17-4-1-2-9(17)8-18/h3,7,9H,1-2,4-6,8H2. The quantitative estimate of drug-likeness (QED) is 0.757. The second kappa shape index (κ2) is 4.58. The molecule has 1 unspecified atom stereocenters. The van der Waals surface area contributed by atoms with Crippen molar-refractivity contribution < 1.29 is 0 Å². The lowest BCUT2D eigenvalue weighted by Crippen LogP contribution is -2.50. The molecule has 0 amide bonds. The minimum absolute atomic E-state index is 0.360. The average molecular weight is 295 g/mol. The fourth-order valence-corrected chi connectivity index (χ4v) is 4.21. The highest BCUT2D eigenvalue weighted by Crippen LogP contribution is 2.31. The summed E-state index contributed by atoms with van der Waals surface area (Å²) in [4.78, 5) is 14.7. The number of aromatic nitrogens is 2. The van der Waals surface area contributed by atoms with Crippen molar-refractivity contribution in [2.75, 3.05) is 31.1 Å². The van der Waals surface area contributed by atoms with E-state index < -0.39 is 0 Å². The van der Waals surface area contributed by atoms with Crippen molar-refractivity contribution in [3.05, 3.63) is 16.7 Å². The number of fused-ring (bicyclic) bond motifs is 2. The molecule has 2 aromatic heterocycles. The Hall–Kier alpha value is -0.910. The number of piperazine rings is 1. The van der Waals surface area contributed by atoms with Crippen LogP contribution in [0.15, 0.2) is 11.4 Å². The number of anilines is 1. The van der Waals surface area contributed by atoms with Gasteiger partial charge in [-0.3, -0.25) is 4.90 Å². The van der Waals surface area contributed by atoms with Gasteiger partial charge in [0.2, 0.25) is 5.28 Å². The minimum Gasteiger partial charge on any atom is -0.353 e. The highest BCUT2D eigenvalue weighted by molar-refractivity contribution is 7.16. The zero-order valence-electron chi connectivity index (χ0n) is 10.5. The maximum Gasteiger partial charge on any atom is 0.225 e. The molecule has 6 heteroatoms. The topological polar surface area (TPSA) is 32.3 Å². The summed E-state index contributed by atoms with van der Waals surface area (Å²) in [5, 5.41) is 3.56. The molecule has 0 aromatic carbocycles. The average Bonchev–Trinajstić information content (AvgIpc) is 3.04. The Morgan fingerprint density at radius 1 is 1.26 bits per heavy atom. The first-order chi connectivity index (χ1) is 9.31. The molecule has 0 bridgehead atoms. The van der Waals surface area contributed by atoms with Crippen LogP contribution >= 0.6 is 22.9 Å². The molecule has 4 nitrogen and oxygen atoms in total. The maximum absolute atomic E-state index is 6.06.